The highest BCUT2D eigenvalue weighted by Gasteiger charge is 2.31. The lowest BCUT2D eigenvalue weighted by molar-refractivity contribution is -0.123. The Bertz CT molecular complexity index is 635. The summed E-state index contributed by atoms with van der Waals surface area (Å²) < 4.78 is 6.39. The molecule has 0 aromatic carbocycles. The molecule has 0 fully saturated rings. The van der Waals surface area contributed by atoms with Crippen LogP contribution < -0.4 is 16.0 Å². The van der Waals surface area contributed by atoms with Gasteiger partial charge in [-0.3, -0.25) is 15.2 Å². The fourth-order valence-electron chi connectivity index (χ4n) is 1.35. The van der Waals surface area contributed by atoms with Gasteiger partial charge >= 0.3 is 6.03 Å². The first-order valence-electron chi connectivity index (χ1n) is 7.18. The third-order valence-corrected chi connectivity index (χ3v) is 8.21. The van der Waals surface area contributed by atoms with Crippen molar-refractivity contribution in [3.63, 3.8) is 0 Å². The predicted octanol–water partition coefficient (Wildman–Crippen LogP) is 2.23. The van der Waals surface area contributed by atoms with Crippen LogP contribution in [0.3, 0.4) is 0 Å². The van der Waals surface area contributed by atoms with Gasteiger partial charge < -0.3 is 14.8 Å². The number of nitrogens with one attached hydrogen (secondary N) is 4. The maximum atomic E-state index is 12.0. The van der Waals surface area contributed by atoms with Crippen molar-refractivity contribution in [2.24, 2.45) is 0 Å². The smallest absolute Gasteiger partial charge is 0.321 e. The third kappa shape index (κ3) is 6.04. The lowest BCUT2D eigenvalue weighted by atomic mass is 10.3. The number of amides is 3. The number of H-pyrrole nitrogens is 1. The number of carbonyl (C=O) groups is 2. The number of hydrogen-bond acceptors (Lipinski definition) is 6. The summed E-state index contributed by atoms with van der Waals surface area (Å²) in [7, 11) is 0.103. The van der Waals surface area contributed by atoms with Crippen molar-refractivity contribution in [3.05, 3.63) is 3.95 Å². The molecule has 1 unspecified atom stereocenters. The van der Waals surface area contributed by atoms with Crippen molar-refractivity contribution in [2.75, 3.05) is 31.5 Å². The molecule has 0 radical (unpaired) electrons. The predicted molar refractivity (Wildman–Crippen MR) is 102 cm³/mol. The largest absolute Gasteiger partial charge is 0.357 e. The third-order valence-electron chi connectivity index (χ3n) is 3.53. The van der Waals surface area contributed by atoms with E-state index in [0.717, 1.165) is 11.3 Å². The van der Waals surface area contributed by atoms with Crippen molar-refractivity contribution >= 4 is 50.9 Å². The number of urea groups is 1. The molecule has 1 heterocycles. The molecule has 0 saturated heterocycles. The van der Waals surface area contributed by atoms with E-state index in [2.05, 4.69) is 46.9 Å². The molecule has 1 rings (SSSR count). The molecule has 0 aliphatic rings. The minimum Gasteiger partial charge on any atom is -0.357 e. The summed E-state index contributed by atoms with van der Waals surface area (Å²) in [4.78, 5) is 24.1. The minimum atomic E-state index is -1.41. The van der Waals surface area contributed by atoms with Crippen molar-refractivity contribution in [3.8, 4) is 0 Å². The lowest BCUT2D eigenvalue weighted by Gasteiger charge is -2.44. The second-order valence-electron chi connectivity index (χ2n) is 6.31. The van der Waals surface area contributed by atoms with Gasteiger partial charge in [0.15, 0.2) is 3.95 Å². The highest BCUT2D eigenvalue weighted by Crippen LogP contribution is 2.53. The molecule has 1 atom stereocenters. The van der Waals surface area contributed by atoms with Gasteiger partial charge in [0.05, 0.1) is 6.61 Å². The SMILES string of the molecule is CNC(=O)C(COS(C)(C)C(C)(C)C)NC(=O)Nc1n[nH]c(=S)s1. The second-order valence-corrected chi connectivity index (χ2v) is 11.9. The van der Waals surface area contributed by atoms with Crippen molar-refractivity contribution in [2.45, 2.75) is 31.6 Å². The average molecular weight is 396 g/mol. The topological polar surface area (TPSA) is 108 Å². The summed E-state index contributed by atoms with van der Waals surface area (Å²) >= 11 is 6.03. The van der Waals surface area contributed by atoms with Crippen LogP contribution in [0.15, 0.2) is 0 Å². The molecular weight excluding hydrogens is 370 g/mol. The van der Waals surface area contributed by atoms with Crippen molar-refractivity contribution in [1.82, 2.24) is 20.8 Å². The molecule has 24 heavy (non-hydrogen) atoms. The first-order valence-corrected chi connectivity index (χ1v) is 10.8. The lowest BCUT2D eigenvalue weighted by Crippen LogP contribution is -2.50. The van der Waals surface area contributed by atoms with Gasteiger partial charge in [0, 0.05) is 11.8 Å². The summed E-state index contributed by atoms with van der Waals surface area (Å²) in [5.74, 6) is -0.330. The number of aromatic nitrogens is 2. The Hall–Kier alpha value is -1.17. The van der Waals surface area contributed by atoms with Crippen LogP contribution in [0.25, 0.3) is 0 Å². The van der Waals surface area contributed by atoms with Crippen LogP contribution in [0.4, 0.5) is 9.93 Å². The molecule has 11 heteroatoms. The Balaban J connectivity index is 2.70. The molecule has 0 saturated carbocycles. The van der Waals surface area contributed by atoms with E-state index < -0.39 is 22.4 Å². The van der Waals surface area contributed by atoms with E-state index in [1.165, 1.54) is 7.05 Å². The number of nitrogens with zero attached hydrogens (tertiary/aromatic N) is 1. The molecule has 138 valence electrons. The van der Waals surface area contributed by atoms with Crippen LogP contribution >= 0.6 is 33.9 Å². The molecule has 0 aliphatic heterocycles. The molecule has 1 aromatic rings. The Morgan fingerprint density at radius 1 is 1.42 bits per heavy atom. The van der Waals surface area contributed by atoms with Crippen molar-refractivity contribution in [1.29, 1.82) is 0 Å². The van der Waals surface area contributed by atoms with E-state index in [-0.39, 0.29) is 17.3 Å². The Labute approximate surface area is 152 Å². The quantitative estimate of drug-likeness (QED) is 0.553. The summed E-state index contributed by atoms with van der Waals surface area (Å²) in [6.45, 7) is 6.34. The van der Waals surface area contributed by atoms with Gasteiger partial charge in [0.25, 0.3) is 0 Å². The molecule has 1 aromatic heterocycles. The van der Waals surface area contributed by atoms with Gasteiger partial charge in [-0.15, -0.1) is 15.4 Å². The van der Waals surface area contributed by atoms with E-state index in [9.17, 15) is 9.59 Å². The Morgan fingerprint density at radius 2 is 2.04 bits per heavy atom. The summed E-state index contributed by atoms with van der Waals surface area (Å²) in [6.07, 6.45) is 4.06. The Kier molecular flexibility index (Phi) is 7.20. The fraction of sp³-hybridized carbons (Fsp3) is 0.692. The summed E-state index contributed by atoms with van der Waals surface area (Å²) in [6, 6.07) is -1.36. The van der Waals surface area contributed by atoms with Gasteiger partial charge in [0.2, 0.25) is 11.0 Å². The number of likely N-dealkylation sites (N-methyl/N-ethyl adjacent to an activating group) is 1. The molecule has 4 N–H and O–H groups in total. The number of carbonyl (C=O) groups excluding carboxylic acids is 2. The van der Waals surface area contributed by atoms with Gasteiger partial charge in [-0.05, 0) is 24.7 Å². The second kappa shape index (κ2) is 8.28. The van der Waals surface area contributed by atoms with E-state index in [1.54, 1.807) is 0 Å². The van der Waals surface area contributed by atoms with Crippen molar-refractivity contribution < 1.29 is 13.8 Å². The van der Waals surface area contributed by atoms with Crippen LogP contribution in [0, 0.1) is 3.95 Å². The van der Waals surface area contributed by atoms with Gasteiger partial charge in [-0.25, -0.2) is 4.79 Å². The minimum absolute atomic E-state index is 0.0426. The van der Waals surface area contributed by atoms with Crippen LogP contribution in [0.1, 0.15) is 20.8 Å². The number of aromatic amines is 1. The summed E-state index contributed by atoms with van der Waals surface area (Å²) in [5, 5.41) is 14.4. The highest BCUT2D eigenvalue weighted by atomic mass is 32.3. The first-order chi connectivity index (χ1) is 11.0. The zero-order valence-electron chi connectivity index (χ0n) is 14.7. The van der Waals surface area contributed by atoms with E-state index in [1.807, 2.05) is 12.5 Å². The van der Waals surface area contributed by atoms with E-state index in [4.69, 9.17) is 16.4 Å². The normalized spacial score (nSPS) is 13.9. The van der Waals surface area contributed by atoms with Gasteiger partial charge in [0.1, 0.15) is 6.04 Å². The maximum Gasteiger partial charge on any atom is 0.321 e. The molecule has 3 amide bonds. The molecule has 0 aliphatic carbocycles. The van der Waals surface area contributed by atoms with Crippen LogP contribution in [-0.4, -0.2) is 59.1 Å². The molecule has 0 spiro atoms. The van der Waals surface area contributed by atoms with Crippen LogP contribution in [-0.2, 0) is 8.98 Å². The maximum absolute atomic E-state index is 12.0. The number of hydrogen-bond donors (Lipinski definition) is 4. The van der Waals surface area contributed by atoms with Gasteiger partial charge in [-0.2, -0.15) is 0 Å². The molecule has 8 nitrogen and oxygen atoms in total. The van der Waals surface area contributed by atoms with E-state index >= 15 is 0 Å². The van der Waals surface area contributed by atoms with Crippen LogP contribution in [0.5, 0.6) is 0 Å². The standard InChI is InChI=1S/C13H25N5O3S3/c1-13(2,3)24(5,6)21-7-8(9(19)14-4)15-10(20)16-11-17-18-12(22)23-11/h8H,7H2,1-6H3,(H,14,19)(H,18,22)(H2,15,16,17,20). The number of anilines is 1. The fourth-order valence-corrected chi connectivity index (χ4v) is 2.96. The zero-order chi connectivity index (χ0) is 18.5. The Morgan fingerprint density at radius 3 is 2.50 bits per heavy atom. The molecule has 0 bridgehead atoms. The van der Waals surface area contributed by atoms with Gasteiger partial charge in [-0.1, -0.05) is 32.1 Å². The van der Waals surface area contributed by atoms with Crippen LogP contribution in [0.2, 0.25) is 0 Å². The monoisotopic (exact) mass is 395 g/mol. The summed E-state index contributed by atoms with van der Waals surface area (Å²) in [5.41, 5.74) is 0. The van der Waals surface area contributed by atoms with E-state index in [0.29, 0.717) is 9.09 Å². The number of rotatable bonds is 6. The average Bonchev–Trinajstić information content (AvgIpc) is 2.86. The first kappa shape index (κ1) is 20.9. The zero-order valence-corrected chi connectivity index (χ0v) is 17.1. The molecular formula is C13H25N5O3S3. The highest BCUT2D eigenvalue weighted by molar-refractivity contribution is 8.29.